The van der Waals surface area contributed by atoms with E-state index in [-0.39, 0.29) is 30.3 Å². The minimum absolute atomic E-state index is 0.0271. The number of carbonyl (C=O) groups excluding carboxylic acids is 2. The van der Waals surface area contributed by atoms with E-state index in [4.69, 9.17) is 4.74 Å². The highest BCUT2D eigenvalue weighted by molar-refractivity contribution is 5.88. The number of amides is 2. The van der Waals surface area contributed by atoms with Crippen molar-refractivity contribution >= 4 is 11.8 Å². The fraction of sp³-hybridized carbons (Fsp3) is 0.556. The van der Waals surface area contributed by atoms with Gasteiger partial charge >= 0.3 is 0 Å². The van der Waals surface area contributed by atoms with Crippen molar-refractivity contribution in [1.82, 2.24) is 10.6 Å². The van der Waals surface area contributed by atoms with Gasteiger partial charge in [0.15, 0.2) is 0 Å². The summed E-state index contributed by atoms with van der Waals surface area (Å²) in [4.78, 5) is 24.5. The van der Waals surface area contributed by atoms with Gasteiger partial charge in [0.25, 0.3) is 0 Å². The lowest BCUT2D eigenvalue weighted by Gasteiger charge is -2.22. The Hall–Kier alpha value is -1.88. The van der Waals surface area contributed by atoms with Gasteiger partial charge in [0.05, 0.1) is 12.5 Å². The molecule has 1 aliphatic heterocycles. The minimum Gasteiger partial charge on any atom is -0.376 e. The summed E-state index contributed by atoms with van der Waals surface area (Å²) in [5, 5.41) is 5.74. The van der Waals surface area contributed by atoms with Gasteiger partial charge in [-0.05, 0) is 24.3 Å². The van der Waals surface area contributed by atoms with Crippen LogP contribution in [0.25, 0.3) is 0 Å². The molecule has 5 nitrogen and oxygen atoms in total. The zero-order chi connectivity index (χ0) is 16.7. The third-order valence-electron chi connectivity index (χ3n) is 4.00. The van der Waals surface area contributed by atoms with Gasteiger partial charge in [-0.2, -0.15) is 0 Å². The third kappa shape index (κ3) is 5.67. The maximum Gasteiger partial charge on any atom is 0.242 e. The number of carbonyl (C=O) groups is 2. The predicted octanol–water partition coefficient (Wildman–Crippen LogP) is 1.67. The van der Waals surface area contributed by atoms with Crippen molar-refractivity contribution in [1.29, 1.82) is 0 Å². The Morgan fingerprint density at radius 2 is 2.00 bits per heavy atom. The fourth-order valence-electron chi connectivity index (χ4n) is 2.67. The summed E-state index contributed by atoms with van der Waals surface area (Å²) in [6, 6.07) is 9.00. The molecule has 1 fully saturated rings. The Bertz CT molecular complexity index is 510. The van der Waals surface area contributed by atoms with E-state index in [0.717, 1.165) is 25.0 Å². The number of ether oxygens (including phenoxy) is 1. The Balaban J connectivity index is 1.84. The van der Waals surface area contributed by atoms with E-state index in [9.17, 15) is 9.59 Å². The lowest BCUT2D eigenvalue weighted by Crippen LogP contribution is -2.51. The Morgan fingerprint density at radius 3 is 2.61 bits per heavy atom. The molecule has 2 rings (SSSR count). The summed E-state index contributed by atoms with van der Waals surface area (Å²) < 4.78 is 5.50. The van der Waals surface area contributed by atoms with Gasteiger partial charge in [-0.15, -0.1) is 0 Å². The molecule has 2 amide bonds. The van der Waals surface area contributed by atoms with Gasteiger partial charge in [0.1, 0.15) is 6.04 Å². The molecule has 1 saturated heterocycles. The number of rotatable bonds is 7. The molecule has 1 aromatic rings. The van der Waals surface area contributed by atoms with E-state index in [1.807, 2.05) is 44.2 Å². The molecule has 23 heavy (non-hydrogen) atoms. The van der Waals surface area contributed by atoms with Crippen molar-refractivity contribution in [3.05, 3.63) is 35.9 Å². The topological polar surface area (TPSA) is 67.4 Å². The normalized spacial score (nSPS) is 18.7. The van der Waals surface area contributed by atoms with Gasteiger partial charge in [-0.1, -0.05) is 44.2 Å². The molecule has 1 heterocycles. The van der Waals surface area contributed by atoms with Crippen molar-refractivity contribution in [3.8, 4) is 0 Å². The van der Waals surface area contributed by atoms with Gasteiger partial charge in [-0.3, -0.25) is 9.59 Å². The van der Waals surface area contributed by atoms with E-state index in [1.54, 1.807) is 0 Å². The fourth-order valence-corrected chi connectivity index (χ4v) is 2.67. The predicted molar refractivity (Wildman–Crippen MR) is 88.9 cm³/mol. The Kier molecular flexibility index (Phi) is 6.59. The summed E-state index contributed by atoms with van der Waals surface area (Å²) in [5.74, 6) is -0.252. The molecule has 2 atom stereocenters. The summed E-state index contributed by atoms with van der Waals surface area (Å²) >= 11 is 0. The second-order valence-corrected chi connectivity index (χ2v) is 6.33. The molecule has 0 unspecified atom stereocenters. The highest BCUT2D eigenvalue weighted by atomic mass is 16.5. The molecule has 5 heteroatoms. The second-order valence-electron chi connectivity index (χ2n) is 6.33. The molecule has 0 saturated carbocycles. The second kappa shape index (κ2) is 8.67. The average Bonchev–Trinajstić information content (AvgIpc) is 3.04. The zero-order valence-corrected chi connectivity index (χ0v) is 13.9. The van der Waals surface area contributed by atoms with Crippen molar-refractivity contribution in [3.63, 3.8) is 0 Å². The molecule has 126 valence electrons. The number of hydrogen-bond donors (Lipinski definition) is 2. The van der Waals surface area contributed by atoms with Crippen LogP contribution in [0.2, 0.25) is 0 Å². The SMILES string of the molecule is CC(C)[C@@H](NC(=O)Cc1ccccc1)C(=O)NC[C@@H]1CCCO1. The highest BCUT2D eigenvalue weighted by Crippen LogP contribution is 2.11. The molecule has 0 bridgehead atoms. The zero-order valence-electron chi connectivity index (χ0n) is 13.9. The highest BCUT2D eigenvalue weighted by Gasteiger charge is 2.25. The van der Waals surface area contributed by atoms with E-state index in [0.29, 0.717) is 6.54 Å². The maximum atomic E-state index is 12.3. The van der Waals surface area contributed by atoms with Crippen LogP contribution in [0.4, 0.5) is 0 Å². The molecule has 2 N–H and O–H groups in total. The van der Waals surface area contributed by atoms with E-state index in [1.165, 1.54) is 0 Å². The minimum atomic E-state index is -0.521. The van der Waals surface area contributed by atoms with Crippen molar-refractivity contribution in [2.24, 2.45) is 5.92 Å². The molecule has 1 aliphatic rings. The van der Waals surface area contributed by atoms with Crippen LogP contribution < -0.4 is 10.6 Å². The molecular formula is C18H26N2O3. The third-order valence-corrected chi connectivity index (χ3v) is 4.00. The van der Waals surface area contributed by atoms with Crippen LogP contribution in [0.5, 0.6) is 0 Å². The first-order valence-electron chi connectivity index (χ1n) is 8.29. The van der Waals surface area contributed by atoms with Crippen LogP contribution in [0.3, 0.4) is 0 Å². The first kappa shape index (κ1) is 17.5. The summed E-state index contributed by atoms with van der Waals surface area (Å²) in [5.41, 5.74) is 0.937. The van der Waals surface area contributed by atoms with Gasteiger partial charge in [-0.25, -0.2) is 0 Å². The van der Waals surface area contributed by atoms with Crippen molar-refractivity contribution in [2.45, 2.75) is 45.3 Å². The largest absolute Gasteiger partial charge is 0.376 e. The quantitative estimate of drug-likeness (QED) is 0.803. The summed E-state index contributed by atoms with van der Waals surface area (Å²) in [6.45, 7) is 5.14. The van der Waals surface area contributed by atoms with Gasteiger partial charge in [0.2, 0.25) is 11.8 Å². The lowest BCUT2D eigenvalue weighted by atomic mass is 10.0. The first-order valence-corrected chi connectivity index (χ1v) is 8.29. The van der Waals surface area contributed by atoms with Crippen LogP contribution in [-0.2, 0) is 20.7 Å². The standard InChI is InChI=1S/C18H26N2O3/c1-13(2)17(18(22)19-12-15-9-6-10-23-15)20-16(21)11-14-7-4-3-5-8-14/h3-5,7-8,13,15,17H,6,9-12H2,1-2H3,(H,19,22)(H,20,21)/t15-,17+/m0/s1. The number of benzene rings is 1. The molecule has 0 radical (unpaired) electrons. The van der Waals surface area contributed by atoms with Gasteiger partial charge in [0, 0.05) is 13.2 Å². The van der Waals surface area contributed by atoms with Crippen LogP contribution in [0, 0.1) is 5.92 Å². The van der Waals surface area contributed by atoms with Gasteiger partial charge < -0.3 is 15.4 Å². The number of nitrogens with one attached hydrogen (secondary N) is 2. The van der Waals surface area contributed by atoms with Crippen LogP contribution in [-0.4, -0.2) is 37.1 Å². The van der Waals surface area contributed by atoms with E-state index < -0.39 is 6.04 Å². The maximum absolute atomic E-state index is 12.3. The van der Waals surface area contributed by atoms with Crippen molar-refractivity contribution in [2.75, 3.05) is 13.2 Å². The smallest absolute Gasteiger partial charge is 0.242 e. The van der Waals surface area contributed by atoms with E-state index >= 15 is 0 Å². The number of hydrogen-bond acceptors (Lipinski definition) is 3. The van der Waals surface area contributed by atoms with Crippen LogP contribution in [0.15, 0.2) is 30.3 Å². The first-order chi connectivity index (χ1) is 11.1. The summed E-state index contributed by atoms with van der Waals surface area (Å²) in [7, 11) is 0. The molecule has 1 aromatic carbocycles. The average molecular weight is 318 g/mol. The molecular weight excluding hydrogens is 292 g/mol. The van der Waals surface area contributed by atoms with Crippen LogP contribution >= 0.6 is 0 Å². The molecule has 0 aromatic heterocycles. The van der Waals surface area contributed by atoms with Crippen molar-refractivity contribution < 1.29 is 14.3 Å². The molecule has 0 aliphatic carbocycles. The Morgan fingerprint density at radius 1 is 1.26 bits per heavy atom. The Labute approximate surface area is 137 Å². The van der Waals surface area contributed by atoms with E-state index in [2.05, 4.69) is 10.6 Å². The summed E-state index contributed by atoms with van der Waals surface area (Å²) in [6.07, 6.45) is 2.41. The monoisotopic (exact) mass is 318 g/mol. The van der Waals surface area contributed by atoms with Crippen LogP contribution in [0.1, 0.15) is 32.3 Å². The molecule has 0 spiro atoms. The lowest BCUT2D eigenvalue weighted by molar-refractivity contribution is -0.130.